The number of hydrogen-bond donors (Lipinski definition) is 2. The number of allylic oxidation sites excluding steroid dienone is 2. The van der Waals surface area contributed by atoms with E-state index < -0.39 is 0 Å². The molecule has 0 bridgehead atoms. The molecule has 1 fully saturated rings. The van der Waals surface area contributed by atoms with E-state index in [1.807, 2.05) is 31.2 Å². The number of ether oxygens (including phenoxy) is 3. The molecule has 0 spiro atoms. The second-order valence-corrected chi connectivity index (χ2v) is 9.76. The Balaban J connectivity index is 1.70. The summed E-state index contributed by atoms with van der Waals surface area (Å²) < 4.78 is 17.9. The SMILES string of the molecule is C=C/C(=C\N=C(Oc1cccc(OCC2CC2)c1)[C@H](C)CC)c1ncc(OCC(C)NCS)s1. The Morgan fingerprint density at radius 2 is 2.12 bits per heavy atom. The van der Waals surface area contributed by atoms with Crippen molar-refractivity contribution in [3.05, 3.63) is 54.3 Å². The van der Waals surface area contributed by atoms with Crippen molar-refractivity contribution in [3.8, 4) is 16.6 Å². The maximum absolute atomic E-state index is 6.19. The molecule has 1 aromatic heterocycles. The molecule has 2 atom stereocenters. The van der Waals surface area contributed by atoms with Crippen molar-refractivity contribution in [1.29, 1.82) is 0 Å². The molecule has 1 aliphatic rings. The van der Waals surface area contributed by atoms with E-state index in [-0.39, 0.29) is 12.0 Å². The van der Waals surface area contributed by atoms with Crippen LogP contribution in [0, 0.1) is 11.8 Å². The van der Waals surface area contributed by atoms with Gasteiger partial charge in [0.15, 0.2) is 11.0 Å². The van der Waals surface area contributed by atoms with Crippen LogP contribution in [0.4, 0.5) is 0 Å². The average molecular weight is 502 g/mol. The lowest BCUT2D eigenvalue weighted by Crippen LogP contribution is -2.30. The molecule has 1 N–H and O–H groups in total. The van der Waals surface area contributed by atoms with Gasteiger partial charge >= 0.3 is 0 Å². The summed E-state index contributed by atoms with van der Waals surface area (Å²) in [6.45, 7) is 11.5. The zero-order valence-corrected chi connectivity index (χ0v) is 21.9. The van der Waals surface area contributed by atoms with Gasteiger partial charge in [-0.2, -0.15) is 12.6 Å². The van der Waals surface area contributed by atoms with Gasteiger partial charge in [-0.05, 0) is 44.2 Å². The highest BCUT2D eigenvalue weighted by molar-refractivity contribution is 7.80. The summed E-state index contributed by atoms with van der Waals surface area (Å²) in [5.41, 5.74) is 0.812. The van der Waals surface area contributed by atoms with Crippen LogP contribution in [0.3, 0.4) is 0 Å². The first-order chi connectivity index (χ1) is 16.5. The summed E-state index contributed by atoms with van der Waals surface area (Å²) in [4.78, 5) is 9.17. The molecule has 6 nitrogen and oxygen atoms in total. The van der Waals surface area contributed by atoms with Gasteiger partial charge in [-0.25, -0.2) is 9.98 Å². The van der Waals surface area contributed by atoms with Crippen LogP contribution in [0.15, 0.2) is 54.3 Å². The Kier molecular flexibility index (Phi) is 10.5. The largest absolute Gasteiger partial charge is 0.493 e. The van der Waals surface area contributed by atoms with E-state index in [1.165, 1.54) is 24.2 Å². The summed E-state index contributed by atoms with van der Waals surface area (Å²) in [5.74, 6) is 3.64. The van der Waals surface area contributed by atoms with E-state index in [2.05, 4.69) is 48.3 Å². The average Bonchev–Trinajstić information content (AvgIpc) is 3.57. The first-order valence-corrected chi connectivity index (χ1v) is 13.2. The second-order valence-electron chi connectivity index (χ2n) is 8.46. The molecule has 2 aromatic rings. The molecule has 34 heavy (non-hydrogen) atoms. The van der Waals surface area contributed by atoms with Crippen LogP contribution in [-0.4, -0.2) is 36.0 Å². The van der Waals surface area contributed by atoms with E-state index >= 15 is 0 Å². The number of aliphatic imine (C=N–C) groups is 1. The van der Waals surface area contributed by atoms with Crippen molar-refractivity contribution in [2.75, 3.05) is 19.1 Å². The summed E-state index contributed by atoms with van der Waals surface area (Å²) >= 11 is 5.64. The van der Waals surface area contributed by atoms with Crippen molar-refractivity contribution in [3.63, 3.8) is 0 Å². The van der Waals surface area contributed by atoms with Crippen LogP contribution >= 0.6 is 24.0 Å². The molecule has 3 rings (SSSR count). The van der Waals surface area contributed by atoms with Crippen LogP contribution in [0.1, 0.15) is 45.0 Å². The van der Waals surface area contributed by atoms with Crippen LogP contribution in [0.25, 0.3) is 5.57 Å². The Morgan fingerprint density at radius 3 is 2.82 bits per heavy atom. The van der Waals surface area contributed by atoms with E-state index in [1.54, 1.807) is 18.5 Å². The van der Waals surface area contributed by atoms with Gasteiger partial charge in [-0.15, -0.1) is 0 Å². The zero-order valence-electron chi connectivity index (χ0n) is 20.2. The van der Waals surface area contributed by atoms with E-state index in [4.69, 9.17) is 14.2 Å². The van der Waals surface area contributed by atoms with Crippen LogP contribution in [0.5, 0.6) is 16.6 Å². The lowest BCUT2D eigenvalue weighted by atomic mass is 10.1. The van der Waals surface area contributed by atoms with Gasteiger partial charge < -0.3 is 19.5 Å². The van der Waals surface area contributed by atoms with Crippen molar-refractivity contribution in [2.45, 2.75) is 46.1 Å². The van der Waals surface area contributed by atoms with Crippen molar-refractivity contribution < 1.29 is 14.2 Å². The molecular weight excluding hydrogens is 466 g/mol. The molecule has 0 radical (unpaired) electrons. The van der Waals surface area contributed by atoms with Gasteiger partial charge in [0, 0.05) is 35.7 Å². The molecule has 0 amide bonds. The normalized spacial score (nSPS) is 16.1. The van der Waals surface area contributed by atoms with Crippen LogP contribution in [0.2, 0.25) is 0 Å². The second kappa shape index (κ2) is 13.6. The number of rotatable bonds is 14. The number of hydrogen-bond acceptors (Lipinski definition) is 8. The number of nitrogens with one attached hydrogen (secondary N) is 1. The van der Waals surface area contributed by atoms with Crippen molar-refractivity contribution in [2.24, 2.45) is 16.8 Å². The maximum atomic E-state index is 6.19. The van der Waals surface area contributed by atoms with Gasteiger partial charge in [0.25, 0.3) is 0 Å². The molecular formula is C26H35N3O3S2. The van der Waals surface area contributed by atoms with Gasteiger partial charge in [0.1, 0.15) is 23.1 Å². The Labute approximate surface area is 212 Å². The Hall–Kier alpha value is -2.29. The first kappa shape index (κ1) is 26.3. The van der Waals surface area contributed by atoms with Crippen LogP contribution < -0.4 is 19.5 Å². The topological polar surface area (TPSA) is 65.0 Å². The number of aromatic nitrogens is 1. The van der Waals surface area contributed by atoms with E-state index in [0.717, 1.165) is 40.2 Å². The van der Waals surface area contributed by atoms with Crippen molar-refractivity contribution in [1.82, 2.24) is 10.3 Å². The van der Waals surface area contributed by atoms with Gasteiger partial charge in [0.05, 0.1) is 12.8 Å². The van der Waals surface area contributed by atoms with Crippen LogP contribution in [-0.2, 0) is 0 Å². The lowest BCUT2D eigenvalue weighted by Gasteiger charge is -2.14. The first-order valence-electron chi connectivity index (χ1n) is 11.8. The van der Waals surface area contributed by atoms with Gasteiger partial charge in [0.2, 0.25) is 0 Å². The summed E-state index contributed by atoms with van der Waals surface area (Å²) in [7, 11) is 0. The fraction of sp³-hybridized carbons (Fsp3) is 0.462. The standard InChI is InChI=1S/C26H35N3O3S2/c1-5-18(3)25(32-23-9-7-8-22(12-23)30-16-20-10-11-20)27-13-21(6-2)26-28-14-24(34-26)31-15-19(4)29-17-33/h6-9,12-14,18-20,29,33H,2,5,10-11,15-17H2,1,3-4H3/b21-13+,27-25?/t18-,19?/m1/s1. The highest BCUT2D eigenvalue weighted by atomic mass is 32.1. The highest BCUT2D eigenvalue weighted by Crippen LogP contribution is 2.31. The minimum atomic E-state index is 0.148. The van der Waals surface area contributed by atoms with Gasteiger partial charge in [-0.3, -0.25) is 0 Å². The van der Waals surface area contributed by atoms with E-state index in [9.17, 15) is 0 Å². The Bertz CT molecular complexity index is 985. The van der Waals surface area contributed by atoms with Gasteiger partial charge in [-0.1, -0.05) is 43.9 Å². The fourth-order valence-corrected chi connectivity index (χ4v) is 3.98. The van der Waals surface area contributed by atoms with E-state index in [0.29, 0.717) is 24.3 Å². The monoisotopic (exact) mass is 501 g/mol. The third-order valence-electron chi connectivity index (χ3n) is 5.44. The quantitative estimate of drug-likeness (QED) is 0.106. The fourth-order valence-electron chi connectivity index (χ4n) is 2.89. The van der Waals surface area contributed by atoms with Crippen molar-refractivity contribution >= 4 is 35.4 Å². The number of nitrogens with zero attached hydrogens (tertiary/aromatic N) is 2. The minimum absolute atomic E-state index is 0.148. The smallest absolute Gasteiger partial charge is 0.197 e. The number of benzene rings is 1. The predicted molar refractivity (Wildman–Crippen MR) is 144 cm³/mol. The molecule has 1 saturated carbocycles. The predicted octanol–water partition coefficient (Wildman–Crippen LogP) is 6.23. The highest BCUT2D eigenvalue weighted by Gasteiger charge is 2.22. The molecule has 1 aromatic carbocycles. The number of thiazole rings is 1. The third-order valence-corrected chi connectivity index (χ3v) is 6.58. The number of thiol groups is 1. The molecule has 8 heteroatoms. The molecule has 1 aliphatic carbocycles. The minimum Gasteiger partial charge on any atom is -0.493 e. The lowest BCUT2D eigenvalue weighted by molar-refractivity contribution is 0.285. The molecule has 0 saturated heterocycles. The summed E-state index contributed by atoms with van der Waals surface area (Å²) in [6, 6.07) is 7.96. The maximum Gasteiger partial charge on any atom is 0.197 e. The molecule has 1 heterocycles. The molecule has 0 aliphatic heterocycles. The molecule has 184 valence electrons. The summed E-state index contributed by atoms with van der Waals surface area (Å²) in [5, 5.41) is 4.74. The molecule has 1 unspecified atom stereocenters. The third kappa shape index (κ3) is 8.49. The zero-order chi connectivity index (χ0) is 24.3. The summed E-state index contributed by atoms with van der Waals surface area (Å²) in [6.07, 6.45) is 8.67. The Morgan fingerprint density at radius 1 is 1.32 bits per heavy atom.